The van der Waals surface area contributed by atoms with Gasteiger partial charge in [-0.15, -0.1) is 63.1 Å². The van der Waals surface area contributed by atoms with Gasteiger partial charge in [0.15, 0.2) is 0 Å². The Morgan fingerprint density at radius 2 is 0.282 bits per heavy atom. The van der Waals surface area contributed by atoms with E-state index in [1.165, 1.54) is 120 Å². The molecular weight excluding hydrogens is 1460 g/mol. The maximum absolute atomic E-state index is 4.31. The molecule has 0 unspecified atom stereocenters. The molecule has 110 heavy (non-hydrogen) atoms. The van der Waals surface area contributed by atoms with Gasteiger partial charge >= 0.3 is 0 Å². The van der Waals surface area contributed by atoms with Crippen molar-refractivity contribution in [3.05, 3.63) is 326 Å². The molecule has 0 N–H and O–H groups in total. The van der Waals surface area contributed by atoms with Crippen molar-refractivity contribution in [2.24, 2.45) is 0 Å². The molecule has 0 atom stereocenters. The normalized spacial score (nSPS) is 9.55. The molecule has 0 nitrogen and oxygen atoms in total. The van der Waals surface area contributed by atoms with Crippen LogP contribution in [0.4, 0.5) is 23.5 Å². The molecule has 0 aliphatic heterocycles. The van der Waals surface area contributed by atoms with E-state index in [1.54, 1.807) is 0 Å². The van der Waals surface area contributed by atoms with Crippen molar-refractivity contribution in [1.82, 2.24) is 0 Å². The van der Waals surface area contributed by atoms with E-state index in [0.29, 0.717) is 0 Å². The Bertz CT molecular complexity index is 3680. The molecule has 0 heterocycles. The van der Waals surface area contributed by atoms with E-state index < -0.39 is 0 Å². The quantitative estimate of drug-likeness (QED) is 0.0160. The molecule has 0 radical (unpaired) electrons. The third-order valence-electron chi connectivity index (χ3n) is 17.4. The highest BCUT2D eigenvalue weighted by Crippen LogP contribution is 2.19. The summed E-state index contributed by atoms with van der Waals surface area (Å²) in [4.78, 5) is 5.09. The zero-order chi connectivity index (χ0) is 74.6. The van der Waals surface area contributed by atoms with Crippen LogP contribution >= 0.6 is 63.1 Å². The van der Waals surface area contributed by atoms with Gasteiger partial charge in [0.1, 0.15) is 0 Å². The second-order valence-corrected chi connectivity index (χ2v) is 28.9. The predicted molar refractivity (Wildman–Crippen MR) is 482 cm³/mol. The number of unbranched alkanes of at least 4 members (excludes halogenated alkanes) is 10. The number of rotatable bonds is 25. The lowest BCUT2D eigenvalue weighted by Crippen LogP contribution is -1.91. The lowest BCUT2D eigenvalue weighted by Gasteiger charge is -2.03. The Balaban J connectivity index is 0.000000680. The molecule has 10 aromatic rings. The molecule has 0 fully saturated rings. The van der Waals surface area contributed by atoms with Crippen molar-refractivity contribution in [2.45, 2.75) is 220 Å². The van der Waals surface area contributed by atoms with Crippen molar-refractivity contribution in [3.63, 3.8) is 0 Å². The van der Waals surface area contributed by atoms with Crippen LogP contribution in [0.1, 0.15) is 214 Å². The summed E-state index contributed by atoms with van der Waals surface area (Å²) in [6.07, 6.45) is 27.7. The molecule has 0 aliphatic carbocycles. The average molecular weight is 1570 g/mol. The fraction of sp³-hybridized carbons (Fsp3) is 0.300. The van der Waals surface area contributed by atoms with E-state index in [-0.39, 0.29) is 23.5 Å². The Morgan fingerprint density at radius 1 is 0.173 bits per heavy atom. The number of hydrogen-bond donors (Lipinski definition) is 5. The minimum atomic E-state index is 0. The van der Waals surface area contributed by atoms with Crippen LogP contribution in [0.5, 0.6) is 0 Å². The SMILES string of the molecule is CCCCC#Cc1ccc(CCc2ccc(S)cc2)cc1.CCCCC#Cc1ccc(CCc2ccc(S)cc2)cc1.CCCCC#Cc1ccc(CCc2ccc(S)cc2)cc1.CCCCC#Cc1ccc(CCc2ccc(S)cc2)cc1.CCCCC#Cc1ccc(CCc2ccc(S)cc2)cc1.F.F.F.F.F. The van der Waals surface area contributed by atoms with Crippen molar-refractivity contribution in [2.75, 3.05) is 0 Å². The molecule has 0 saturated carbocycles. The second kappa shape index (κ2) is 62.1. The van der Waals surface area contributed by atoms with Gasteiger partial charge in [-0.2, -0.15) is 0 Å². The Labute approximate surface area is 686 Å². The van der Waals surface area contributed by atoms with Gasteiger partial charge in [-0.3, -0.25) is 23.5 Å². The molecule has 0 aliphatic rings. The summed E-state index contributed by atoms with van der Waals surface area (Å²) >= 11 is 21.5. The summed E-state index contributed by atoms with van der Waals surface area (Å²) in [6, 6.07) is 85.2. The highest BCUT2D eigenvalue weighted by atomic mass is 32.1. The number of benzene rings is 10. The van der Waals surface area contributed by atoms with Crippen LogP contribution in [0, 0.1) is 59.2 Å². The topological polar surface area (TPSA) is 0 Å². The number of hydrogen-bond acceptors (Lipinski definition) is 5. The maximum atomic E-state index is 4.31. The summed E-state index contributed by atoms with van der Waals surface area (Å²) in [7, 11) is 0. The van der Waals surface area contributed by atoms with Crippen molar-refractivity contribution >= 4 is 63.1 Å². The lowest BCUT2D eigenvalue weighted by atomic mass is 10.0. The van der Waals surface area contributed by atoms with Crippen LogP contribution in [-0.2, 0) is 64.2 Å². The predicted octanol–water partition coefficient (Wildman–Crippen LogP) is 27.3. The molecule has 10 rings (SSSR count). The summed E-state index contributed by atoms with van der Waals surface area (Å²) in [5.41, 5.74) is 19.2. The first-order chi connectivity index (χ1) is 51.4. The smallest absolute Gasteiger partial charge is 0.0245 e. The minimum absolute atomic E-state index is 0. The molecule has 10 heteroatoms. The molecule has 0 aromatic heterocycles. The monoisotopic (exact) mass is 1570 g/mol. The minimum Gasteiger partial charge on any atom is -0.269 e. The van der Waals surface area contributed by atoms with E-state index in [1.807, 2.05) is 60.7 Å². The molecular formula is C100H115F5S5. The van der Waals surface area contributed by atoms with Gasteiger partial charge in [-0.1, -0.05) is 247 Å². The van der Waals surface area contributed by atoms with Gasteiger partial charge in [-0.05, 0) is 273 Å². The molecule has 580 valence electrons. The summed E-state index contributed by atoms with van der Waals surface area (Å²) in [6.45, 7) is 11.0. The van der Waals surface area contributed by atoms with Crippen LogP contribution in [0.3, 0.4) is 0 Å². The van der Waals surface area contributed by atoms with Gasteiger partial charge in [0.2, 0.25) is 0 Å². The van der Waals surface area contributed by atoms with Gasteiger partial charge in [0, 0.05) is 84.4 Å². The molecule has 0 amide bonds. The Morgan fingerprint density at radius 3 is 0.391 bits per heavy atom. The third-order valence-corrected chi connectivity index (χ3v) is 18.9. The van der Waals surface area contributed by atoms with Crippen LogP contribution in [0.2, 0.25) is 0 Å². The van der Waals surface area contributed by atoms with Crippen molar-refractivity contribution < 1.29 is 23.5 Å². The molecule has 10 aromatic carbocycles. The van der Waals surface area contributed by atoms with E-state index in [0.717, 1.165) is 149 Å². The maximum Gasteiger partial charge on any atom is 0.0245 e. The Hall–Kier alpha value is -8.60. The van der Waals surface area contributed by atoms with E-state index in [4.69, 9.17) is 0 Å². The zero-order valence-corrected chi connectivity index (χ0v) is 69.5. The van der Waals surface area contributed by atoms with Crippen LogP contribution in [-0.4, -0.2) is 0 Å². The first kappa shape index (κ1) is 99.4. The van der Waals surface area contributed by atoms with Crippen LogP contribution in [0.15, 0.2) is 267 Å². The van der Waals surface area contributed by atoms with Crippen molar-refractivity contribution in [3.8, 4) is 59.2 Å². The molecule has 0 spiro atoms. The lowest BCUT2D eigenvalue weighted by molar-refractivity contribution is 0.828. The first-order valence-electron chi connectivity index (χ1n) is 38.2. The van der Waals surface area contributed by atoms with E-state index in [2.05, 4.69) is 339 Å². The first-order valence-corrected chi connectivity index (χ1v) is 40.4. The van der Waals surface area contributed by atoms with Gasteiger partial charge in [0.05, 0.1) is 0 Å². The van der Waals surface area contributed by atoms with Gasteiger partial charge in [0.25, 0.3) is 0 Å². The number of halogens is 5. The van der Waals surface area contributed by atoms with Gasteiger partial charge < -0.3 is 0 Å². The van der Waals surface area contributed by atoms with Crippen LogP contribution < -0.4 is 0 Å². The largest absolute Gasteiger partial charge is 0.269 e. The Kier molecular flexibility index (Phi) is 56.1. The number of aryl methyl sites for hydroxylation is 10. The van der Waals surface area contributed by atoms with Gasteiger partial charge in [-0.25, -0.2) is 0 Å². The second-order valence-electron chi connectivity index (χ2n) is 26.3. The molecule has 0 saturated heterocycles. The summed E-state index contributed by atoms with van der Waals surface area (Å²) < 4.78 is 0. The molecule has 0 bridgehead atoms. The highest BCUT2D eigenvalue weighted by Gasteiger charge is 2.03. The van der Waals surface area contributed by atoms with E-state index >= 15 is 0 Å². The van der Waals surface area contributed by atoms with Crippen LogP contribution in [0.25, 0.3) is 0 Å². The summed E-state index contributed by atoms with van der Waals surface area (Å²) in [5.74, 6) is 32.3. The standard InChI is InChI=1S/5C20H22S.5FH/c5*1-2-3-4-5-6-17-7-9-18(10-8-17)11-12-19-13-15-20(21)16-14-19;;;;;/h5*7-10,13-16,21H,2-4,11-12H2,1H3;5*1H. The highest BCUT2D eigenvalue weighted by molar-refractivity contribution is 7.81. The average Bonchev–Trinajstić information content (AvgIpc) is 0.911. The fourth-order valence-corrected chi connectivity index (χ4v) is 11.4. The van der Waals surface area contributed by atoms with Crippen molar-refractivity contribution in [1.29, 1.82) is 0 Å². The zero-order valence-electron chi connectivity index (χ0n) is 65.0. The third kappa shape index (κ3) is 44.9. The fourth-order valence-electron chi connectivity index (χ4n) is 10.7. The summed E-state index contributed by atoms with van der Waals surface area (Å²) in [5, 5.41) is 0. The van der Waals surface area contributed by atoms with E-state index in [9.17, 15) is 0 Å². The number of thiol groups is 5.